The quantitative estimate of drug-likeness (QED) is 0.522. The van der Waals surface area contributed by atoms with E-state index in [2.05, 4.69) is 10.4 Å². The van der Waals surface area contributed by atoms with Crippen LogP contribution in [0.2, 0.25) is 0 Å². The van der Waals surface area contributed by atoms with Gasteiger partial charge in [-0.25, -0.2) is 13.5 Å². The first-order chi connectivity index (χ1) is 16.9. The summed E-state index contributed by atoms with van der Waals surface area (Å²) < 4.78 is 28.9. The van der Waals surface area contributed by atoms with E-state index in [1.807, 2.05) is 0 Å². The van der Waals surface area contributed by atoms with Crippen molar-refractivity contribution in [3.8, 4) is 5.69 Å². The number of hydrogen-bond donors (Lipinski definition) is 1. The maximum Gasteiger partial charge on any atom is 0.293 e. The predicted molar refractivity (Wildman–Crippen MR) is 127 cm³/mol. The van der Waals surface area contributed by atoms with Gasteiger partial charge in [0.15, 0.2) is 5.69 Å². The summed E-state index contributed by atoms with van der Waals surface area (Å²) >= 11 is 0.736. The molecule has 1 N–H and O–H groups in total. The van der Waals surface area contributed by atoms with Crippen LogP contribution in [0, 0.1) is 11.6 Å². The van der Waals surface area contributed by atoms with E-state index in [0.29, 0.717) is 12.1 Å². The van der Waals surface area contributed by atoms with Gasteiger partial charge < -0.3 is 5.32 Å². The van der Waals surface area contributed by atoms with Gasteiger partial charge in [-0.3, -0.25) is 19.3 Å². The van der Waals surface area contributed by atoms with Crippen LogP contribution in [0.15, 0.2) is 53.4 Å². The summed E-state index contributed by atoms with van der Waals surface area (Å²) in [5, 5.41) is 6.72. The van der Waals surface area contributed by atoms with Gasteiger partial charge in [0.1, 0.15) is 11.6 Å². The second kappa shape index (κ2) is 9.46. The zero-order valence-electron chi connectivity index (χ0n) is 18.5. The van der Waals surface area contributed by atoms with Crippen molar-refractivity contribution < 1.29 is 23.2 Å². The minimum atomic E-state index is -0.529. The van der Waals surface area contributed by atoms with Crippen molar-refractivity contribution in [3.05, 3.63) is 87.6 Å². The number of imide groups is 1. The van der Waals surface area contributed by atoms with Crippen molar-refractivity contribution in [2.24, 2.45) is 0 Å². The summed E-state index contributed by atoms with van der Waals surface area (Å²) in [6.45, 7) is 0.0217. The van der Waals surface area contributed by atoms with Crippen molar-refractivity contribution in [2.45, 2.75) is 19.3 Å². The molecule has 2 aliphatic rings. The SMILES string of the molecule is O=C(NCCN1C(=O)S/C(=C\c2ccccc2F)C1=O)c1nn(-c2ccc(F)cc2)c2c1CCC2. The number of hydrogen-bond acceptors (Lipinski definition) is 5. The Morgan fingerprint density at radius 3 is 2.63 bits per heavy atom. The molecule has 3 amide bonds. The molecule has 7 nitrogen and oxygen atoms in total. The number of nitrogens with one attached hydrogen (secondary N) is 1. The standard InChI is InChI=1S/C25H20F2N4O3S/c26-16-8-10-17(11-9-16)31-20-7-3-5-18(20)22(29-31)23(32)28-12-13-30-24(33)21(35-25(30)34)14-15-4-1-2-6-19(15)27/h1-2,4,6,8-11,14H,3,5,7,12-13H2,(H,28,32)/b21-14-. The van der Waals surface area contributed by atoms with E-state index in [1.165, 1.54) is 30.3 Å². The Kier molecular flexibility index (Phi) is 6.21. The monoisotopic (exact) mass is 494 g/mol. The summed E-state index contributed by atoms with van der Waals surface area (Å²) in [5.74, 6) is -1.78. The van der Waals surface area contributed by atoms with E-state index in [9.17, 15) is 23.2 Å². The second-order valence-corrected chi connectivity index (χ2v) is 9.12. The molecule has 1 aliphatic heterocycles. The first-order valence-electron chi connectivity index (χ1n) is 11.1. The van der Waals surface area contributed by atoms with E-state index in [4.69, 9.17) is 0 Å². The highest BCUT2D eigenvalue weighted by Crippen LogP contribution is 2.32. The van der Waals surface area contributed by atoms with Gasteiger partial charge in [0.2, 0.25) is 0 Å². The summed E-state index contributed by atoms with van der Waals surface area (Å²) in [6.07, 6.45) is 3.71. The summed E-state index contributed by atoms with van der Waals surface area (Å²) in [6, 6.07) is 11.9. The van der Waals surface area contributed by atoms with Crippen LogP contribution in [0.1, 0.15) is 33.7 Å². The predicted octanol–water partition coefficient (Wildman–Crippen LogP) is 4.11. The summed E-state index contributed by atoms with van der Waals surface area (Å²) in [7, 11) is 0. The minimum absolute atomic E-state index is 0.0219. The Hall–Kier alpha value is -3.79. The van der Waals surface area contributed by atoms with Crippen molar-refractivity contribution in [3.63, 3.8) is 0 Å². The van der Waals surface area contributed by atoms with Crippen LogP contribution in [0.3, 0.4) is 0 Å². The van der Waals surface area contributed by atoms with Gasteiger partial charge in [0.05, 0.1) is 10.6 Å². The Bertz CT molecular complexity index is 1370. The number of aromatic nitrogens is 2. The molecular formula is C25H20F2N4O3S. The zero-order chi connectivity index (χ0) is 24.5. The Balaban J connectivity index is 1.26. The molecule has 2 heterocycles. The maximum absolute atomic E-state index is 13.9. The van der Waals surface area contributed by atoms with Gasteiger partial charge in [-0.2, -0.15) is 5.10 Å². The Morgan fingerprint density at radius 1 is 1.09 bits per heavy atom. The molecular weight excluding hydrogens is 474 g/mol. The molecule has 5 rings (SSSR count). The first kappa shape index (κ1) is 23.0. The van der Waals surface area contributed by atoms with Crippen LogP contribution in [-0.4, -0.2) is 44.8 Å². The topological polar surface area (TPSA) is 84.3 Å². The summed E-state index contributed by atoms with van der Waals surface area (Å²) in [5.41, 5.74) is 2.95. The fraction of sp³-hybridized carbons (Fsp3) is 0.200. The van der Waals surface area contributed by atoms with Gasteiger partial charge in [-0.15, -0.1) is 0 Å². The average molecular weight is 495 g/mol. The number of carbonyl (C=O) groups excluding carboxylic acids is 3. The molecule has 35 heavy (non-hydrogen) atoms. The zero-order valence-corrected chi connectivity index (χ0v) is 19.3. The third-order valence-electron chi connectivity index (χ3n) is 5.90. The van der Waals surface area contributed by atoms with Crippen molar-refractivity contribution in [1.82, 2.24) is 20.0 Å². The lowest BCUT2D eigenvalue weighted by atomic mass is 10.2. The van der Waals surface area contributed by atoms with Crippen LogP contribution >= 0.6 is 11.8 Å². The Morgan fingerprint density at radius 2 is 1.86 bits per heavy atom. The third kappa shape index (κ3) is 4.49. The fourth-order valence-corrected chi connectivity index (χ4v) is 5.06. The van der Waals surface area contributed by atoms with E-state index >= 15 is 0 Å². The number of halogens is 2. The van der Waals surface area contributed by atoms with Gasteiger partial charge in [-0.1, -0.05) is 18.2 Å². The van der Waals surface area contributed by atoms with Gasteiger partial charge in [-0.05, 0) is 67.4 Å². The molecule has 0 spiro atoms. The van der Waals surface area contributed by atoms with Crippen LogP contribution in [0.4, 0.5) is 13.6 Å². The molecule has 0 radical (unpaired) electrons. The molecule has 1 aromatic heterocycles. The molecule has 0 atom stereocenters. The molecule has 2 aromatic carbocycles. The lowest BCUT2D eigenvalue weighted by Crippen LogP contribution is -2.37. The van der Waals surface area contributed by atoms with Crippen molar-refractivity contribution in [2.75, 3.05) is 13.1 Å². The lowest BCUT2D eigenvalue weighted by molar-refractivity contribution is -0.122. The van der Waals surface area contributed by atoms with Crippen LogP contribution in [0.5, 0.6) is 0 Å². The molecule has 1 aliphatic carbocycles. The van der Waals surface area contributed by atoms with Crippen molar-refractivity contribution in [1.29, 1.82) is 0 Å². The van der Waals surface area contributed by atoms with Crippen molar-refractivity contribution >= 4 is 34.9 Å². The number of benzene rings is 2. The second-order valence-electron chi connectivity index (χ2n) is 8.13. The van der Waals surface area contributed by atoms with E-state index in [0.717, 1.165) is 40.8 Å². The molecule has 3 aromatic rings. The van der Waals surface area contributed by atoms with Crippen LogP contribution in [-0.2, 0) is 17.6 Å². The van der Waals surface area contributed by atoms with E-state index in [-0.39, 0.29) is 35.1 Å². The maximum atomic E-state index is 13.9. The number of nitrogens with zero attached hydrogens (tertiary/aromatic N) is 3. The highest BCUT2D eigenvalue weighted by atomic mass is 32.2. The van der Waals surface area contributed by atoms with Gasteiger partial charge in [0, 0.05) is 29.9 Å². The smallest absolute Gasteiger partial charge is 0.293 e. The highest BCUT2D eigenvalue weighted by molar-refractivity contribution is 8.18. The number of thioether (sulfide) groups is 1. The van der Waals surface area contributed by atoms with Gasteiger partial charge >= 0.3 is 0 Å². The highest BCUT2D eigenvalue weighted by Gasteiger charge is 2.35. The Labute approximate surface area is 203 Å². The molecule has 10 heteroatoms. The molecule has 1 saturated heterocycles. The molecule has 1 fully saturated rings. The third-order valence-corrected chi connectivity index (χ3v) is 6.81. The normalized spacial score (nSPS) is 16.3. The number of amides is 3. The number of fused-ring (bicyclic) bond motifs is 1. The molecule has 178 valence electrons. The van der Waals surface area contributed by atoms with E-state index < -0.39 is 22.9 Å². The molecule has 0 bridgehead atoms. The number of carbonyl (C=O) groups is 3. The largest absolute Gasteiger partial charge is 0.349 e. The first-order valence-corrected chi connectivity index (χ1v) is 11.9. The van der Waals surface area contributed by atoms with E-state index in [1.54, 1.807) is 28.9 Å². The average Bonchev–Trinajstić information content (AvgIpc) is 3.52. The fourth-order valence-electron chi connectivity index (χ4n) is 4.21. The molecule has 0 unspecified atom stereocenters. The minimum Gasteiger partial charge on any atom is -0.349 e. The van der Waals surface area contributed by atoms with Gasteiger partial charge in [0.25, 0.3) is 17.1 Å². The lowest BCUT2D eigenvalue weighted by Gasteiger charge is -2.12. The summed E-state index contributed by atoms with van der Waals surface area (Å²) in [4.78, 5) is 39.0. The van der Waals surface area contributed by atoms with Crippen LogP contribution < -0.4 is 5.32 Å². The number of rotatable bonds is 6. The van der Waals surface area contributed by atoms with Crippen LogP contribution in [0.25, 0.3) is 11.8 Å². The molecule has 0 saturated carbocycles.